The summed E-state index contributed by atoms with van der Waals surface area (Å²) in [4.78, 5) is 36.3. The number of rotatable bonds is 3. The molecule has 138 valence electrons. The third-order valence-electron chi connectivity index (χ3n) is 5.77. The summed E-state index contributed by atoms with van der Waals surface area (Å²) in [7, 11) is 0. The van der Waals surface area contributed by atoms with Gasteiger partial charge in [-0.3, -0.25) is 19.7 Å². The monoisotopic (exact) mass is 369 g/mol. The van der Waals surface area contributed by atoms with Crippen molar-refractivity contribution in [1.29, 1.82) is 0 Å². The van der Waals surface area contributed by atoms with Crippen LogP contribution in [0.4, 0.5) is 5.69 Å². The lowest BCUT2D eigenvalue weighted by atomic mass is 9.63. The van der Waals surface area contributed by atoms with E-state index < -0.39 is 4.92 Å². The van der Waals surface area contributed by atoms with E-state index in [-0.39, 0.29) is 59.3 Å². The molecule has 1 saturated heterocycles. The number of hydrazone groups is 1. The number of nitrogens with zero attached hydrogens (tertiary/aromatic N) is 3. The van der Waals surface area contributed by atoms with Gasteiger partial charge in [-0.1, -0.05) is 12.2 Å². The maximum absolute atomic E-state index is 12.7. The quantitative estimate of drug-likeness (QED) is 0.264. The van der Waals surface area contributed by atoms with Gasteiger partial charge in [0.2, 0.25) is 6.79 Å². The molecule has 1 aromatic rings. The Morgan fingerprint density at radius 3 is 2.22 bits per heavy atom. The second-order valence-corrected chi connectivity index (χ2v) is 7.10. The molecule has 1 aromatic carbocycles. The van der Waals surface area contributed by atoms with Crippen molar-refractivity contribution in [2.24, 2.45) is 28.8 Å². The Kier molecular flexibility index (Phi) is 3.33. The summed E-state index contributed by atoms with van der Waals surface area (Å²) in [6, 6.07) is 2.68. The molecule has 2 amide bonds. The minimum absolute atomic E-state index is 0.0185. The third kappa shape index (κ3) is 2.27. The van der Waals surface area contributed by atoms with Crippen LogP contribution in [0.25, 0.3) is 0 Å². The Bertz CT molecular complexity index is 907. The van der Waals surface area contributed by atoms with E-state index in [0.29, 0.717) is 5.75 Å². The largest absolute Gasteiger partial charge is 0.454 e. The van der Waals surface area contributed by atoms with Crippen LogP contribution in [0.5, 0.6) is 11.5 Å². The number of ether oxygens (including phenoxy) is 2. The van der Waals surface area contributed by atoms with E-state index in [2.05, 4.69) is 5.10 Å². The van der Waals surface area contributed by atoms with Gasteiger partial charge in [-0.25, -0.2) is 0 Å². The van der Waals surface area contributed by atoms with Gasteiger partial charge in [-0.2, -0.15) is 10.1 Å². The summed E-state index contributed by atoms with van der Waals surface area (Å²) in [6.07, 6.45) is 7.01. The number of hydrogen-bond acceptors (Lipinski definition) is 7. The van der Waals surface area contributed by atoms with E-state index >= 15 is 0 Å². The van der Waals surface area contributed by atoms with Gasteiger partial charge >= 0.3 is 0 Å². The highest BCUT2D eigenvalue weighted by Crippen LogP contribution is 2.49. The summed E-state index contributed by atoms with van der Waals surface area (Å²) >= 11 is 0. The average Bonchev–Trinajstić information content (AvgIpc) is 3.24. The van der Waals surface area contributed by atoms with Crippen LogP contribution in [0.15, 0.2) is 29.4 Å². The molecule has 6 rings (SSSR count). The maximum atomic E-state index is 12.7. The molecule has 9 nitrogen and oxygen atoms in total. The summed E-state index contributed by atoms with van der Waals surface area (Å²) < 4.78 is 10.4. The molecule has 5 aliphatic rings. The molecule has 2 aliphatic heterocycles. The number of imide groups is 1. The van der Waals surface area contributed by atoms with E-state index in [0.717, 1.165) is 17.9 Å². The molecule has 0 aromatic heterocycles. The Morgan fingerprint density at radius 2 is 1.67 bits per heavy atom. The Hall–Kier alpha value is -3.23. The first-order chi connectivity index (χ1) is 13.0. The average molecular weight is 369 g/mol. The molecule has 0 radical (unpaired) electrons. The van der Waals surface area contributed by atoms with Crippen LogP contribution in [0.3, 0.4) is 0 Å². The molecule has 0 unspecified atom stereocenters. The summed E-state index contributed by atoms with van der Waals surface area (Å²) in [5.41, 5.74) is -0.0953. The van der Waals surface area contributed by atoms with Gasteiger partial charge in [0.25, 0.3) is 17.5 Å². The fourth-order valence-corrected chi connectivity index (χ4v) is 4.50. The molecule has 2 bridgehead atoms. The second-order valence-electron chi connectivity index (χ2n) is 7.10. The number of carbonyl (C=O) groups is 2. The Labute approximate surface area is 153 Å². The lowest BCUT2D eigenvalue weighted by Crippen LogP contribution is -2.38. The summed E-state index contributed by atoms with van der Waals surface area (Å²) in [5.74, 6) is -0.631. The number of hydrogen-bond donors (Lipinski definition) is 0. The minimum Gasteiger partial charge on any atom is -0.454 e. The van der Waals surface area contributed by atoms with Crippen LogP contribution in [0.1, 0.15) is 18.4 Å². The van der Waals surface area contributed by atoms with Gasteiger partial charge in [-0.15, -0.1) is 0 Å². The van der Waals surface area contributed by atoms with Gasteiger partial charge in [-0.05, 0) is 30.7 Å². The molecule has 3 aliphatic carbocycles. The first-order valence-electron chi connectivity index (χ1n) is 8.73. The summed E-state index contributed by atoms with van der Waals surface area (Å²) in [6.45, 7) is -0.0185. The van der Waals surface area contributed by atoms with Crippen molar-refractivity contribution in [3.05, 3.63) is 40.0 Å². The van der Waals surface area contributed by atoms with Crippen molar-refractivity contribution in [3.8, 4) is 11.5 Å². The Balaban J connectivity index is 1.48. The molecule has 4 atom stereocenters. The first kappa shape index (κ1) is 16.0. The van der Waals surface area contributed by atoms with Crippen LogP contribution < -0.4 is 9.47 Å². The fraction of sp³-hybridized carbons (Fsp3) is 0.389. The van der Waals surface area contributed by atoms with Gasteiger partial charge in [0.1, 0.15) is 0 Å². The van der Waals surface area contributed by atoms with E-state index in [1.54, 1.807) is 0 Å². The Morgan fingerprint density at radius 1 is 1.07 bits per heavy atom. The zero-order valence-electron chi connectivity index (χ0n) is 14.1. The molecular formula is C18H15N3O6. The van der Waals surface area contributed by atoms with Crippen LogP contribution >= 0.6 is 0 Å². The number of allylic oxidation sites excluding steroid dienone is 2. The lowest BCUT2D eigenvalue weighted by molar-refractivity contribution is -0.385. The van der Waals surface area contributed by atoms with E-state index in [9.17, 15) is 19.7 Å². The number of nitro groups is 1. The number of benzene rings is 1. The normalized spacial score (nSPS) is 30.4. The lowest BCUT2D eigenvalue weighted by Gasteiger charge is -2.37. The molecule has 9 heteroatoms. The van der Waals surface area contributed by atoms with Crippen molar-refractivity contribution < 1.29 is 24.0 Å². The zero-order valence-corrected chi connectivity index (χ0v) is 14.1. The predicted molar refractivity (Wildman–Crippen MR) is 91.0 cm³/mol. The highest BCUT2D eigenvalue weighted by molar-refractivity contribution is 6.06. The first-order valence-corrected chi connectivity index (χ1v) is 8.73. The molecule has 27 heavy (non-hydrogen) atoms. The minimum atomic E-state index is -0.569. The topological polar surface area (TPSA) is 111 Å². The molecule has 2 fully saturated rings. The van der Waals surface area contributed by atoms with Crippen LogP contribution in [-0.2, 0) is 9.59 Å². The predicted octanol–water partition coefficient (Wildman–Crippen LogP) is 1.85. The van der Waals surface area contributed by atoms with Crippen molar-refractivity contribution in [3.63, 3.8) is 0 Å². The van der Waals surface area contributed by atoms with Crippen LogP contribution in [0.2, 0.25) is 0 Å². The number of amides is 2. The van der Waals surface area contributed by atoms with Gasteiger partial charge in [0.05, 0.1) is 34.6 Å². The van der Waals surface area contributed by atoms with E-state index in [1.165, 1.54) is 18.3 Å². The van der Waals surface area contributed by atoms with Gasteiger partial charge < -0.3 is 9.47 Å². The zero-order chi connectivity index (χ0) is 18.7. The summed E-state index contributed by atoms with van der Waals surface area (Å²) in [5, 5.41) is 16.2. The highest BCUT2D eigenvalue weighted by atomic mass is 16.7. The van der Waals surface area contributed by atoms with Crippen LogP contribution in [0, 0.1) is 33.8 Å². The number of carbonyl (C=O) groups excluding carboxylic acids is 2. The molecule has 0 spiro atoms. The SMILES string of the molecule is O=C1[C@@H]2[C@@H](C(=O)N1/N=C\c1cc3c(cc1[N+](=O)[O-])OCO3)[C@H]1C=C[C@H]2CC1. The number of fused-ring (bicyclic) bond motifs is 2. The van der Waals surface area contributed by atoms with Crippen molar-refractivity contribution in [2.75, 3.05) is 6.79 Å². The number of nitro benzene ring substituents is 1. The van der Waals surface area contributed by atoms with Gasteiger partial charge in [0.15, 0.2) is 11.5 Å². The van der Waals surface area contributed by atoms with Gasteiger partial charge in [0, 0.05) is 0 Å². The molecule has 1 saturated carbocycles. The van der Waals surface area contributed by atoms with Crippen molar-refractivity contribution in [1.82, 2.24) is 5.01 Å². The second kappa shape index (κ2) is 5.63. The highest BCUT2D eigenvalue weighted by Gasteiger charge is 2.56. The van der Waals surface area contributed by atoms with E-state index in [4.69, 9.17) is 9.47 Å². The van der Waals surface area contributed by atoms with Crippen molar-refractivity contribution in [2.45, 2.75) is 12.8 Å². The molecule has 0 N–H and O–H groups in total. The van der Waals surface area contributed by atoms with Crippen LogP contribution in [-0.4, -0.2) is 34.8 Å². The maximum Gasteiger partial charge on any atom is 0.282 e. The standard InChI is InChI=1S/C18H15N3O6/c22-17-15-9-1-2-10(4-3-9)16(15)18(23)20(17)19-7-11-5-13-14(27-8-26-13)6-12(11)21(24)25/h1-2,5-7,9-10,15-16H,3-4,8H2/b19-7-/t9-,10-,15-,16-/m0/s1. The molecular weight excluding hydrogens is 354 g/mol. The fourth-order valence-electron chi connectivity index (χ4n) is 4.50. The smallest absolute Gasteiger partial charge is 0.282 e. The van der Waals surface area contributed by atoms with Crippen molar-refractivity contribution >= 4 is 23.7 Å². The third-order valence-corrected chi connectivity index (χ3v) is 5.77. The van der Waals surface area contributed by atoms with E-state index in [1.807, 2.05) is 12.2 Å². The molecule has 2 heterocycles.